The number of nitrogens with zero attached hydrogens (tertiary/aromatic N) is 2. The van der Waals surface area contributed by atoms with Crippen molar-refractivity contribution in [2.45, 2.75) is 39.7 Å². The summed E-state index contributed by atoms with van der Waals surface area (Å²) >= 11 is 0. The van der Waals surface area contributed by atoms with E-state index in [1.165, 1.54) is 18.5 Å². The minimum atomic E-state index is -0.335. The van der Waals surface area contributed by atoms with E-state index in [-0.39, 0.29) is 23.2 Å². The molecule has 2 rings (SSSR count). The summed E-state index contributed by atoms with van der Waals surface area (Å²) in [4.78, 5) is 16.1. The van der Waals surface area contributed by atoms with E-state index in [4.69, 9.17) is 0 Å². The van der Waals surface area contributed by atoms with Gasteiger partial charge in [-0.15, -0.1) is 0 Å². The van der Waals surface area contributed by atoms with Crippen molar-refractivity contribution in [1.82, 2.24) is 15.4 Å². The first-order valence-corrected chi connectivity index (χ1v) is 6.63. The van der Waals surface area contributed by atoms with Crippen LogP contribution < -0.4 is 5.43 Å². The molecule has 2 heterocycles. The van der Waals surface area contributed by atoms with Crippen LogP contribution in [0, 0.1) is 11.2 Å². The molecule has 1 aliphatic rings. The smallest absolute Gasteiger partial charge is 0.242 e. The lowest BCUT2D eigenvalue weighted by atomic mass is 9.92. The molecule has 1 atom stereocenters. The monoisotopic (exact) mass is 265 g/mol. The fraction of sp³-hybridized carbons (Fsp3) is 0.571. The molecule has 1 aromatic rings. The number of pyridine rings is 1. The summed E-state index contributed by atoms with van der Waals surface area (Å²) in [5, 5.41) is 1.61. The quantitative estimate of drug-likeness (QED) is 0.909. The molecule has 1 unspecified atom stereocenters. The van der Waals surface area contributed by atoms with Gasteiger partial charge in [0.15, 0.2) is 0 Å². The Hall–Kier alpha value is -1.49. The highest BCUT2D eigenvalue weighted by atomic mass is 19.1. The maximum absolute atomic E-state index is 13.8. The molecule has 0 aromatic carbocycles. The third-order valence-corrected chi connectivity index (χ3v) is 3.68. The van der Waals surface area contributed by atoms with E-state index in [1.54, 1.807) is 5.01 Å². The average molecular weight is 265 g/mol. The Labute approximate surface area is 113 Å². The van der Waals surface area contributed by atoms with Crippen LogP contribution in [0.1, 0.15) is 45.2 Å². The van der Waals surface area contributed by atoms with Crippen LogP contribution in [0.25, 0.3) is 0 Å². The molecule has 5 heteroatoms. The summed E-state index contributed by atoms with van der Waals surface area (Å²) in [7, 11) is 0. The van der Waals surface area contributed by atoms with Crippen molar-refractivity contribution < 1.29 is 9.18 Å². The molecule has 1 fully saturated rings. The van der Waals surface area contributed by atoms with E-state index >= 15 is 0 Å². The lowest BCUT2D eigenvalue weighted by Gasteiger charge is -2.26. The Balaban J connectivity index is 2.13. The lowest BCUT2D eigenvalue weighted by molar-refractivity contribution is -0.138. The molecule has 1 saturated heterocycles. The van der Waals surface area contributed by atoms with E-state index in [2.05, 4.69) is 10.4 Å². The second-order valence-corrected chi connectivity index (χ2v) is 5.58. The van der Waals surface area contributed by atoms with E-state index in [9.17, 15) is 9.18 Å². The summed E-state index contributed by atoms with van der Waals surface area (Å²) in [6.45, 7) is 6.48. The predicted octanol–water partition coefficient (Wildman–Crippen LogP) is 2.43. The number of hydrogen-bond acceptors (Lipinski definition) is 3. The van der Waals surface area contributed by atoms with Crippen LogP contribution in [-0.2, 0) is 4.79 Å². The Morgan fingerprint density at radius 3 is 2.84 bits per heavy atom. The van der Waals surface area contributed by atoms with Crippen molar-refractivity contribution >= 4 is 5.91 Å². The first kappa shape index (κ1) is 13.9. The molecule has 1 aromatic heterocycles. The molecule has 104 valence electrons. The van der Waals surface area contributed by atoms with Crippen molar-refractivity contribution in [3.05, 3.63) is 29.8 Å². The fourth-order valence-electron chi connectivity index (χ4n) is 2.30. The predicted molar refractivity (Wildman–Crippen MR) is 70.5 cm³/mol. The van der Waals surface area contributed by atoms with Crippen molar-refractivity contribution in [1.29, 1.82) is 0 Å². The van der Waals surface area contributed by atoms with E-state index in [1.807, 2.05) is 20.8 Å². The van der Waals surface area contributed by atoms with Gasteiger partial charge in [0.2, 0.25) is 5.91 Å². The van der Waals surface area contributed by atoms with E-state index in [0.29, 0.717) is 18.5 Å². The van der Waals surface area contributed by atoms with Crippen LogP contribution in [0.4, 0.5) is 4.39 Å². The number of aromatic nitrogens is 1. The largest absolute Gasteiger partial charge is 0.277 e. The lowest BCUT2D eigenvalue weighted by Crippen LogP contribution is -2.43. The van der Waals surface area contributed by atoms with Crippen LogP contribution in [0.2, 0.25) is 0 Å². The van der Waals surface area contributed by atoms with Gasteiger partial charge in [0.05, 0.1) is 6.04 Å². The number of nitrogens with one attached hydrogen (secondary N) is 1. The molecule has 0 saturated carbocycles. The molecular weight excluding hydrogens is 245 g/mol. The maximum Gasteiger partial charge on any atom is 0.242 e. The SMILES string of the molecule is CCC(NN1CCC(C)(C)C1=O)c1cnccc1F. The third kappa shape index (κ3) is 2.76. The first-order valence-electron chi connectivity index (χ1n) is 6.63. The second-order valence-electron chi connectivity index (χ2n) is 5.58. The number of hydrogen-bond donors (Lipinski definition) is 1. The zero-order valence-corrected chi connectivity index (χ0v) is 11.6. The van der Waals surface area contributed by atoms with Gasteiger partial charge >= 0.3 is 0 Å². The summed E-state index contributed by atoms with van der Waals surface area (Å²) in [5.74, 6) is -0.226. The Morgan fingerprint density at radius 1 is 1.58 bits per heavy atom. The Kier molecular flexibility index (Phi) is 3.85. The summed E-state index contributed by atoms with van der Waals surface area (Å²) < 4.78 is 13.8. The first-order chi connectivity index (χ1) is 8.95. The van der Waals surface area contributed by atoms with E-state index < -0.39 is 0 Å². The fourth-order valence-corrected chi connectivity index (χ4v) is 2.30. The normalized spacial score (nSPS) is 19.8. The minimum absolute atomic E-state index is 0.0650. The molecule has 1 N–H and O–H groups in total. The van der Waals surface area contributed by atoms with Crippen LogP contribution in [0.15, 0.2) is 18.5 Å². The van der Waals surface area contributed by atoms with Gasteiger partial charge in [-0.3, -0.25) is 14.8 Å². The molecule has 19 heavy (non-hydrogen) atoms. The molecule has 0 spiro atoms. The van der Waals surface area contributed by atoms with Crippen LogP contribution in [0.3, 0.4) is 0 Å². The number of carbonyl (C=O) groups is 1. The maximum atomic E-state index is 13.8. The highest BCUT2D eigenvalue weighted by molar-refractivity contribution is 5.83. The average Bonchev–Trinajstić information content (AvgIpc) is 2.63. The molecule has 0 radical (unpaired) electrons. The number of amides is 1. The highest BCUT2D eigenvalue weighted by Crippen LogP contribution is 2.30. The van der Waals surface area contributed by atoms with Crippen LogP contribution in [-0.4, -0.2) is 22.4 Å². The van der Waals surface area contributed by atoms with Gasteiger partial charge in [-0.2, -0.15) is 0 Å². The van der Waals surface area contributed by atoms with Gasteiger partial charge in [-0.25, -0.2) is 9.82 Å². The van der Waals surface area contributed by atoms with Gasteiger partial charge < -0.3 is 0 Å². The van der Waals surface area contributed by atoms with Gasteiger partial charge in [-0.05, 0) is 18.9 Å². The molecule has 0 aliphatic carbocycles. The van der Waals surface area contributed by atoms with Crippen LogP contribution in [0.5, 0.6) is 0 Å². The number of rotatable bonds is 4. The van der Waals surface area contributed by atoms with Crippen molar-refractivity contribution in [2.75, 3.05) is 6.54 Å². The van der Waals surface area contributed by atoms with Crippen molar-refractivity contribution in [2.24, 2.45) is 5.41 Å². The number of carbonyl (C=O) groups excluding carboxylic acids is 1. The summed E-state index contributed by atoms with van der Waals surface area (Å²) in [5.41, 5.74) is 3.30. The van der Waals surface area contributed by atoms with Crippen molar-refractivity contribution in [3.8, 4) is 0 Å². The van der Waals surface area contributed by atoms with Gasteiger partial charge in [0.25, 0.3) is 0 Å². The molecule has 1 aliphatic heterocycles. The third-order valence-electron chi connectivity index (χ3n) is 3.68. The molecule has 1 amide bonds. The second kappa shape index (κ2) is 5.25. The van der Waals surface area contributed by atoms with E-state index in [0.717, 1.165) is 6.42 Å². The highest BCUT2D eigenvalue weighted by Gasteiger charge is 2.39. The Bertz CT molecular complexity index is 476. The number of hydrazine groups is 1. The number of halogens is 1. The minimum Gasteiger partial charge on any atom is -0.277 e. The summed E-state index contributed by atoms with van der Waals surface area (Å²) in [6.07, 6.45) is 4.44. The molecule has 0 bridgehead atoms. The Morgan fingerprint density at radius 2 is 2.32 bits per heavy atom. The van der Waals surface area contributed by atoms with Gasteiger partial charge in [0, 0.05) is 29.9 Å². The van der Waals surface area contributed by atoms with Gasteiger partial charge in [0.1, 0.15) is 5.82 Å². The standard InChI is InChI=1S/C14H20FN3O/c1-4-12(10-9-16-7-5-11(10)15)17-18-8-6-14(2,3)13(18)19/h5,7,9,12,17H,4,6,8H2,1-3H3. The zero-order valence-electron chi connectivity index (χ0n) is 11.6. The van der Waals surface area contributed by atoms with Crippen LogP contribution >= 0.6 is 0 Å². The zero-order chi connectivity index (χ0) is 14.0. The molecular formula is C14H20FN3O. The van der Waals surface area contributed by atoms with Crippen molar-refractivity contribution in [3.63, 3.8) is 0 Å². The topological polar surface area (TPSA) is 45.2 Å². The molecule has 4 nitrogen and oxygen atoms in total. The van der Waals surface area contributed by atoms with Gasteiger partial charge in [-0.1, -0.05) is 20.8 Å². The summed E-state index contributed by atoms with van der Waals surface area (Å²) in [6, 6.07) is 1.11.